The van der Waals surface area contributed by atoms with Crippen molar-refractivity contribution in [3.05, 3.63) is 29.7 Å². The van der Waals surface area contributed by atoms with Crippen molar-refractivity contribution in [2.75, 3.05) is 7.11 Å². The van der Waals surface area contributed by atoms with Gasteiger partial charge in [-0.15, -0.1) is 0 Å². The molecular weight excluding hydrogens is 196 g/mol. The molecule has 0 saturated carbocycles. The van der Waals surface area contributed by atoms with Crippen molar-refractivity contribution in [3.63, 3.8) is 0 Å². The van der Waals surface area contributed by atoms with Crippen molar-refractivity contribution in [2.45, 2.75) is 0 Å². The zero-order valence-electron chi connectivity index (χ0n) is 8.00. The lowest BCUT2D eigenvalue weighted by Gasteiger charge is -1.95. The van der Waals surface area contributed by atoms with E-state index >= 15 is 0 Å². The largest absolute Gasteiger partial charge is 0.464 e. The number of esters is 1. The van der Waals surface area contributed by atoms with Crippen LogP contribution in [0.25, 0.3) is 10.9 Å². The Bertz CT molecular complexity index is 535. The highest BCUT2D eigenvalue weighted by Gasteiger charge is 2.10. The summed E-state index contributed by atoms with van der Waals surface area (Å²) in [7, 11) is 6.88. The Balaban J connectivity index is 2.65. The van der Waals surface area contributed by atoms with Crippen molar-refractivity contribution < 1.29 is 13.9 Å². The highest BCUT2D eigenvalue weighted by molar-refractivity contribution is 6.38. The molecule has 0 aliphatic carbocycles. The lowest BCUT2D eigenvalue weighted by atomic mass is 9.92. The van der Waals surface area contributed by atoms with E-state index in [4.69, 9.17) is 7.85 Å². The van der Waals surface area contributed by atoms with Crippen LogP contribution in [0.4, 0.5) is 4.39 Å². The molecule has 5 heteroatoms. The van der Waals surface area contributed by atoms with Crippen LogP contribution in [0.3, 0.4) is 0 Å². The maximum absolute atomic E-state index is 13.0. The third-order valence-electron chi connectivity index (χ3n) is 2.14. The van der Waals surface area contributed by atoms with Gasteiger partial charge < -0.3 is 9.72 Å². The number of benzene rings is 1. The summed E-state index contributed by atoms with van der Waals surface area (Å²) >= 11 is 0. The topological polar surface area (TPSA) is 42.1 Å². The summed E-state index contributed by atoms with van der Waals surface area (Å²) in [6, 6.07) is 4.02. The van der Waals surface area contributed by atoms with E-state index in [1.54, 1.807) is 0 Å². The Kier molecular flexibility index (Phi) is 2.23. The number of fused-ring (bicyclic) bond motifs is 1. The second kappa shape index (κ2) is 3.42. The summed E-state index contributed by atoms with van der Waals surface area (Å²) in [5.74, 6) is -0.954. The summed E-state index contributed by atoms with van der Waals surface area (Å²) in [6.45, 7) is 0. The van der Waals surface area contributed by atoms with Gasteiger partial charge in [0.05, 0.1) is 7.11 Å². The number of carbonyl (C=O) groups excluding carboxylic acids is 1. The SMILES string of the molecule is [B]c1cc(F)cc2[nH]c(C(=O)OC)cc12. The number of ether oxygens (including phenoxy) is 1. The van der Waals surface area contributed by atoms with Crippen LogP contribution < -0.4 is 5.46 Å². The number of rotatable bonds is 1. The molecule has 0 unspecified atom stereocenters. The van der Waals surface area contributed by atoms with Crippen LogP contribution in [0, 0.1) is 5.82 Å². The van der Waals surface area contributed by atoms with Crippen molar-refractivity contribution in [3.8, 4) is 0 Å². The number of carbonyl (C=O) groups is 1. The third-order valence-corrected chi connectivity index (χ3v) is 2.14. The van der Waals surface area contributed by atoms with Gasteiger partial charge in [0.15, 0.2) is 0 Å². The molecule has 0 aliphatic rings. The first-order chi connectivity index (χ1) is 7.11. The van der Waals surface area contributed by atoms with Crippen molar-refractivity contribution in [1.29, 1.82) is 0 Å². The Morgan fingerprint density at radius 2 is 2.20 bits per heavy atom. The van der Waals surface area contributed by atoms with Gasteiger partial charge in [0.25, 0.3) is 0 Å². The molecule has 3 nitrogen and oxygen atoms in total. The lowest BCUT2D eigenvalue weighted by molar-refractivity contribution is 0.0595. The highest BCUT2D eigenvalue weighted by atomic mass is 19.1. The van der Waals surface area contributed by atoms with E-state index in [0.717, 1.165) is 0 Å². The van der Waals surface area contributed by atoms with Gasteiger partial charge in [0.2, 0.25) is 0 Å². The minimum Gasteiger partial charge on any atom is -0.464 e. The van der Waals surface area contributed by atoms with Gasteiger partial charge in [-0.25, -0.2) is 9.18 Å². The van der Waals surface area contributed by atoms with E-state index in [1.807, 2.05) is 0 Å². The number of aromatic amines is 1. The van der Waals surface area contributed by atoms with E-state index in [0.29, 0.717) is 10.9 Å². The Morgan fingerprint density at radius 3 is 2.87 bits per heavy atom. The molecule has 0 saturated heterocycles. The van der Waals surface area contributed by atoms with E-state index < -0.39 is 11.8 Å². The predicted octanol–water partition coefficient (Wildman–Crippen LogP) is 0.887. The van der Waals surface area contributed by atoms with Crippen LogP contribution >= 0.6 is 0 Å². The zero-order chi connectivity index (χ0) is 11.0. The molecule has 1 N–H and O–H groups in total. The standard InChI is InChI=1S/C10H7BFNO2/c1-15-10(14)9-4-6-7(11)2-5(12)3-8(6)13-9/h2-4,13H,1H3. The van der Waals surface area contributed by atoms with Crippen LogP contribution in [0.1, 0.15) is 10.5 Å². The Labute approximate surface area is 86.6 Å². The fraction of sp³-hybridized carbons (Fsp3) is 0.100. The smallest absolute Gasteiger partial charge is 0.354 e. The molecule has 1 aromatic carbocycles. The highest BCUT2D eigenvalue weighted by Crippen LogP contribution is 2.14. The first kappa shape index (κ1) is 9.77. The van der Waals surface area contributed by atoms with Crippen LogP contribution in [0.5, 0.6) is 0 Å². The lowest BCUT2D eigenvalue weighted by Crippen LogP contribution is -2.03. The summed E-state index contributed by atoms with van der Waals surface area (Å²) < 4.78 is 17.5. The average Bonchev–Trinajstić information content (AvgIpc) is 2.60. The van der Waals surface area contributed by atoms with E-state index in [2.05, 4.69) is 9.72 Å². The van der Waals surface area contributed by atoms with Gasteiger partial charge in [-0.05, 0) is 23.6 Å². The van der Waals surface area contributed by atoms with Crippen LogP contribution in [-0.2, 0) is 4.74 Å². The zero-order valence-corrected chi connectivity index (χ0v) is 8.00. The molecule has 0 bridgehead atoms. The first-order valence-electron chi connectivity index (χ1n) is 4.28. The minimum atomic E-state index is -0.508. The van der Waals surface area contributed by atoms with Gasteiger partial charge in [-0.1, -0.05) is 5.46 Å². The number of aromatic nitrogens is 1. The minimum absolute atomic E-state index is 0.254. The van der Waals surface area contributed by atoms with Crippen LogP contribution in [0.2, 0.25) is 0 Å². The number of methoxy groups -OCH3 is 1. The first-order valence-corrected chi connectivity index (χ1v) is 4.28. The van der Waals surface area contributed by atoms with Gasteiger partial charge in [-0.3, -0.25) is 0 Å². The molecule has 2 aromatic rings. The van der Waals surface area contributed by atoms with Gasteiger partial charge in [0, 0.05) is 5.52 Å². The van der Waals surface area contributed by atoms with Gasteiger partial charge in [-0.2, -0.15) is 0 Å². The molecule has 0 amide bonds. The molecular formula is C10H7BFNO2. The van der Waals surface area contributed by atoms with Gasteiger partial charge in [0.1, 0.15) is 19.4 Å². The van der Waals surface area contributed by atoms with Crippen molar-refractivity contribution in [1.82, 2.24) is 4.98 Å². The molecule has 0 atom stereocenters. The molecule has 0 spiro atoms. The quantitative estimate of drug-likeness (QED) is 0.552. The normalized spacial score (nSPS) is 10.5. The van der Waals surface area contributed by atoms with E-state index in [-0.39, 0.29) is 11.2 Å². The van der Waals surface area contributed by atoms with Crippen molar-refractivity contribution in [2.24, 2.45) is 0 Å². The molecule has 0 aliphatic heterocycles. The van der Waals surface area contributed by atoms with Crippen molar-refractivity contribution >= 4 is 30.2 Å². The molecule has 1 heterocycles. The Hall–Kier alpha value is -1.78. The Morgan fingerprint density at radius 1 is 1.47 bits per heavy atom. The second-order valence-corrected chi connectivity index (χ2v) is 3.13. The monoisotopic (exact) mass is 203 g/mol. The van der Waals surface area contributed by atoms with E-state index in [1.165, 1.54) is 25.3 Å². The fourth-order valence-corrected chi connectivity index (χ4v) is 1.45. The number of hydrogen-bond acceptors (Lipinski definition) is 2. The summed E-state index contributed by atoms with van der Waals surface area (Å²) in [5.41, 5.74) is 1.02. The van der Waals surface area contributed by atoms with Crippen LogP contribution in [0.15, 0.2) is 18.2 Å². The molecule has 74 valence electrons. The maximum Gasteiger partial charge on any atom is 0.354 e. The number of nitrogens with one attached hydrogen (secondary N) is 1. The number of H-pyrrole nitrogens is 1. The summed E-state index contributed by atoms with van der Waals surface area (Å²) in [5, 5.41) is 0.608. The number of halogens is 1. The molecule has 2 rings (SSSR count). The summed E-state index contributed by atoms with van der Waals surface area (Å²) in [4.78, 5) is 13.9. The third kappa shape index (κ3) is 1.60. The maximum atomic E-state index is 13.0. The molecule has 1 aromatic heterocycles. The predicted molar refractivity (Wildman–Crippen MR) is 55.0 cm³/mol. The average molecular weight is 203 g/mol. The van der Waals surface area contributed by atoms with Crippen LogP contribution in [-0.4, -0.2) is 25.9 Å². The van der Waals surface area contributed by atoms with E-state index in [9.17, 15) is 9.18 Å². The molecule has 15 heavy (non-hydrogen) atoms. The molecule has 0 fully saturated rings. The summed E-state index contributed by atoms with van der Waals surface area (Å²) in [6.07, 6.45) is 0. The number of hydrogen-bond donors (Lipinski definition) is 1. The fourth-order valence-electron chi connectivity index (χ4n) is 1.45. The second-order valence-electron chi connectivity index (χ2n) is 3.13. The van der Waals surface area contributed by atoms with Gasteiger partial charge >= 0.3 is 5.97 Å². The molecule has 2 radical (unpaired) electrons.